The number of hydrogen-bond acceptors (Lipinski definition) is 9. The van der Waals surface area contributed by atoms with E-state index in [4.69, 9.17) is 23.7 Å². The van der Waals surface area contributed by atoms with Gasteiger partial charge < -0.3 is 23.7 Å². The summed E-state index contributed by atoms with van der Waals surface area (Å²) in [5.41, 5.74) is -0.0309. The molecule has 2 aliphatic rings. The van der Waals surface area contributed by atoms with Crippen molar-refractivity contribution in [1.82, 2.24) is 14.8 Å². The van der Waals surface area contributed by atoms with Crippen molar-refractivity contribution in [1.29, 1.82) is 0 Å². The monoisotopic (exact) mass is 593 g/mol. The van der Waals surface area contributed by atoms with E-state index in [9.17, 15) is 14.7 Å². The van der Waals surface area contributed by atoms with Crippen LogP contribution in [0, 0.1) is 6.92 Å². The van der Waals surface area contributed by atoms with Gasteiger partial charge in [-0.3, -0.25) is 14.3 Å². The lowest BCUT2D eigenvalue weighted by molar-refractivity contribution is -0.145. The number of ether oxygens (including phenoxy) is 3. The van der Waals surface area contributed by atoms with E-state index in [1.165, 1.54) is 17.6 Å². The normalized spacial score (nSPS) is 18.2. The standard InChI is InChI=1S/C31H35N3O7S/c1-19-24-25(35)27(31(30(36)37)12-6-3-7-13-31)33-34(29(24)42-26(19)28-32-14-17-40-28)18-23(41-20-10-15-39-16-11-20)21-8-4-5-9-22(21)38-2/h4-5,8-9,14,17,20,23H,3,6-7,10-13,15-16,18H2,1-2H3,(H,36,37)/t23-/m0/s1. The second kappa shape index (κ2) is 12.0. The van der Waals surface area contributed by atoms with Crippen LogP contribution in [0.5, 0.6) is 5.75 Å². The Morgan fingerprint density at radius 3 is 2.67 bits per heavy atom. The van der Waals surface area contributed by atoms with E-state index in [2.05, 4.69) is 4.98 Å². The summed E-state index contributed by atoms with van der Waals surface area (Å²) in [6, 6.07) is 7.72. The number of carboxylic acids is 1. The van der Waals surface area contributed by atoms with Gasteiger partial charge in [0.2, 0.25) is 11.3 Å². The quantitative estimate of drug-likeness (QED) is 0.262. The summed E-state index contributed by atoms with van der Waals surface area (Å²) in [6.45, 7) is 3.36. The van der Waals surface area contributed by atoms with Crippen LogP contribution in [0.1, 0.15) is 67.9 Å². The van der Waals surface area contributed by atoms with Crippen LogP contribution in [0.4, 0.5) is 0 Å². The second-order valence-corrected chi connectivity index (χ2v) is 12.1. The molecule has 6 rings (SSSR count). The summed E-state index contributed by atoms with van der Waals surface area (Å²) < 4.78 is 25.4. The third-order valence-electron chi connectivity index (χ3n) is 8.57. The van der Waals surface area contributed by atoms with E-state index in [1.807, 2.05) is 31.2 Å². The molecular weight excluding hydrogens is 558 g/mol. The topological polar surface area (TPSA) is 126 Å². The number of benzene rings is 1. The van der Waals surface area contributed by atoms with E-state index < -0.39 is 17.5 Å². The number of carbonyl (C=O) groups is 1. The molecule has 1 aliphatic heterocycles. The van der Waals surface area contributed by atoms with Gasteiger partial charge in [-0.25, -0.2) is 4.98 Å². The Morgan fingerprint density at radius 1 is 1.21 bits per heavy atom. The SMILES string of the molecule is COc1ccccc1[C@H](Cn1nc(C2(C(=O)O)CCCCC2)c(=O)c2c(C)c(-c3ncco3)sc21)OC1CCOCC1. The van der Waals surface area contributed by atoms with Gasteiger partial charge in [0, 0.05) is 18.8 Å². The van der Waals surface area contributed by atoms with Crippen molar-refractivity contribution in [2.24, 2.45) is 0 Å². The number of para-hydroxylation sites is 1. The maximum atomic E-state index is 14.2. The van der Waals surface area contributed by atoms with E-state index in [0.717, 1.165) is 37.7 Å². The van der Waals surface area contributed by atoms with Crippen molar-refractivity contribution >= 4 is 27.5 Å². The fourth-order valence-corrected chi connectivity index (χ4v) is 7.51. The van der Waals surface area contributed by atoms with Gasteiger partial charge in [0.15, 0.2) is 0 Å². The molecule has 11 heteroatoms. The van der Waals surface area contributed by atoms with E-state index in [0.29, 0.717) is 58.4 Å². The minimum absolute atomic E-state index is 0.0281. The number of thiophene rings is 1. The van der Waals surface area contributed by atoms with Gasteiger partial charge >= 0.3 is 5.97 Å². The smallest absolute Gasteiger partial charge is 0.315 e. The van der Waals surface area contributed by atoms with Gasteiger partial charge in [-0.15, -0.1) is 11.3 Å². The zero-order valence-electron chi connectivity index (χ0n) is 23.8. The first-order valence-corrected chi connectivity index (χ1v) is 15.3. The van der Waals surface area contributed by atoms with Gasteiger partial charge in [0.25, 0.3) is 0 Å². The number of methoxy groups -OCH3 is 1. The van der Waals surface area contributed by atoms with Crippen LogP contribution in [0.3, 0.4) is 0 Å². The first-order valence-electron chi connectivity index (χ1n) is 14.5. The molecule has 2 fully saturated rings. The molecule has 4 aromatic rings. The van der Waals surface area contributed by atoms with Crippen molar-refractivity contribution in [3.05, 3.63) is 63.8 Å². The molecule has 1 saturated heterocycles. The van der Waals surface area contributed by atoms with Crippen LogP contribution in [0.2, 0.25) is 0 Å². The summed E-state index contributed by atoms with van der Waals surface area (Å²) in [4.78, 5) is 32.8. The Labute approximate surface area is 247 Å². The molecule has 0 amide bonds. The first kappa shape index (κ1) is 28.6. The number of hydrogen-bond donors (Lipinski definition) is 1. The molecule has 1 aromatic carbocycles. The van der Waals surface area contributed by atoms with Crippen molar-refractivity contribution in [2.45, 2.75) is 76.0 Å². The van der Waals surface area contributed by atoms with Gasteiger partial charge in [-0.2, -0.15) is 5.10 Å². The number of aliphatic carboxylic acids is 1. The Hall–Kier alpha value is -3.54. The molecule has 0 spiro atoms. The third kappa shape index (κ3) is 5.14. The molecule has 0 unspecified atom stereocenters. The summed E-state index contributed by atoms with van der Waals surface area (Å²) in [5, 5.41) is 15.9. The highest BCUT2D eigenvalue weighted by atomic mass is 32.1. The average Bonchev–Trinajstić information content (AvgIpc) is 3.67. The number of oxazole rings is 1. The van der Waals surface area contributed by atoms with Crippen LogP contribution >= 0.6 is 11.3 Å². The molecule has 222 valence electrons. The molecule has 4 heterocycles. The number of rotatable bonds is 9. The molecule has 0 bridgehead atoms. The Morgan fingerprint density at radius 2 is 1.98 bits per heavy atom. The van der Waals surface area contributed by atoms with E-state index in [1.54, 1.807) is 18.0 Å². The molecule has 1 N–H and O–H groups in total. The van der Waals surface area contributed by atoms with E-state index >= 15 is 0 Å². The molecule has 1 atom stereocenters. The van der Waals surface area contributed by atoms with Crippen LogP contribution < -0.4 is 10.2 Å². The molecular formula is C31H35N3O7S. The number of fused-ring (bicyclic) bond motifs is 1. The number of aryl methyl sites for hydroxylation is 1. The Kier molecular flexibility index (Phi) is 8.15. The lowest BCUT2D eigenvalue weighted by Gasteiger charge is -2.33. The molecule has 0 radical (unpaired) electrons. The third-order valence-corrected chi connectivity index (χ3v) is 9.86. The first-order chi connectivity index (χ1) is 20.4. The largest absolute Gasteiger partial charge is 0.496 e. The van der Waals surface area contributed by atoms with Crippen molar-refractivity contribution in [3.8, 4) is 16.5 Å². The van der Waals surface area contributed by atoms with Crippen molar-refractivity contribution in [2.75, 3.05) is 20.3 Å². The zero-order chi connectivity index (χ0) is 29.3. The summed E-state index contributed by atoms with van der Waals surface area (Å²) >= 11 is 1.37. The fraction of sp³-hybridized carbons (Fsp3) is 0.484. The van der Waals surface area contributed by atoms with Gasteiger partial charge in [-0.05, 0) is 44.2 Å². The molecule has 10 nitrogen and oxygen atoms in total. The highest BCUT2D eigenvalue weighted by Gasteiger charge is 2.46. The van der Waals surface area contributed by atoms with Crippen molar-refractivity contribution < 1.29 is 28.5 Å². The summed E-state index contributed by atoms with van der Waals surface area (Å²) in [5.74, 6) is 0.0917. The minimum atomic E-state index is -1.34. The zero-order valence-corrected chi connectivity index (χ0v) is 24.7. The summed E-state index contributed by atoms with van der Waals surface area (Å²) in [6.07, 6.45) is 7.23. The molecule has 1 aliphatic carbocycles. The maximum absolute atomic E-state index is 14.2. The van der Waals surface area contributed by atoms with Gasteiger partial charge in [0.1, 0.15) is 34.1 Å². The predicted molar refractivity (Wildman–Crippen MR) is 157 cm³/mol. The number of carboxylic acid groups (broad SMARTS) is 1. The highest BCUT2D eigenvalue weighted by Crippen LogP contribution is 2.42. The van der Waals surface area contributed by atoms with Crippen LogP contribution in [-0.2, 0) is 26.2 Å². The fourth-order valence-electron chi connectivity index (χ4n) is 6.31. The number of nitrogens with zero attached hydrogens (tertiary/aromatic N) is 3. The van der Waals surface area contributed by atoms with Gasteiger partial charge in [-0.1, -0.05) is 37.5 Å². The average molecular weight is 594 g/mol. The lowest BCUT2D eigenvalue weighted by Crippen LogP contribution is -2.43. The highest BCUT2D eigenvalue weighted by molar-refractivity contribution is 7.22. The van der Waals surface area contributed by atoms with Crippen LogP contribution in [0.15, 0.2) is 45.9 Å². The minimum Gasteiger partial charge on any atom is -0.496 e. The molecule has 42 heavy (non-hydrogen) atoms. The Bertz CT molecular complexity index is 1620. The van der Waals surface area contributed by atoms with E-state index in [-0.39, 0.29) is 23.8 Å². The second-order valence-electron chi connectivity index (χ2n) is 11.1. The summed E-state index contributed by atoms with van der Waals surface area (Å²) in [7, 11) is 1.63. The van der Waals surface area contributed by atoms with Crippen molar-refractivity contribution in [3.63, 3.8) is 0 Å². The molecule has 3 aromatic heterocycles. The number of aromatic nitrogens is 3. The predicted octanol–water partition coefficient (Wildman–Crippen LogP) is 5.65. The maximum Gasteiger partial charge on any atom is 0.315 e. The van der Waals surface area contributed by atoms with Gasteiger partial charge in [0.05, 0.1) is 36.2 Å². The van der Waals surface area contributed by atoms with Crippen LogP contribution in [-0.4, -0.2) is 52.3 Å². The molecule has 1 saturated carbocycles. The Balaban J connectivity index is 1.55. The lowest BCUT2D eigenvalue weighted by atomic mass is 9.71. The van der Waals surface area contributed by atoms with Crippen LogP contribution in [0.25, 0.3) is 21.0 Å².